The van der Waals surface area contributed by atoms with Gasteiger partial charge in [0.2, 0.25) is 0 Å². The Kier molecular flexibility index (Phi) is 5.52. The van der Waals surface area contributed by atoms with Crippen molar-refractivity contribution in [1.29, 1.82) is 0 Å². The number of nitrogens with one attached hydrogen (secondary N) is 1. The third-order valence-corrected chi connectivity index (χ3v) is 3.18. The molecule has 0 fully saturated rings. The molecular formula is C13H20NO5S-. The molecule has 6 nitrogen and oxygen atoms in total. The molecule has 1 aromatic carbocycles. The van der Waals surface area contributed by atoms with E-state index in [1.807, 2.05) is 12.1 Å². The summed E-state index contributed by atoms with van der Waals surface area (Å²) in [4.78, 5) is 0. The molecule has 114 valence electrons. The van der Waals surface area contributed by atoms with E-state index >= 15 is 0 Å². The van der Waals surface area contributed by atoms with Crippen LogP contribution in [0.1, 0.15) is 26.3 Å². The Labute approximate surface area is 119 Å². The summed E-state index contributed by atoms with van der Waals surface area (Å²) < 4.78 is 38.0. The van der Waals surface area contributed by atoms with Gasteiger partial charge in [0.1, 0.15) is 18.5 Å². The van der Waals surface area contributed by atoms with Crippen LogP contribution in [0.2, 0.25) is 0 Å². The van der Waals surface area contributed by atoms with Crippen molar-refractivity contribution >= 4 is 10.3 Å². The third kappa shape index (κ3) is 6.33. The van der Waals surface area contributed by atoms with Crippen molar-refractivity contribution < 1.29 is 22.8 Å². The van der Waals surface area contributed by atoms with E-state index in [0.29, 0.717) is 5.75 Å². The highest BCUT2D eigenvalue weighted by molar-refractivity contribution is 7.83. The first-order valence-electron chi connectivity index (χ1n) is 6.20. The molecule has 0 amide bonds. The first-order chi connectivity index (χ1) is 9.08. The molecular weight excluding hydrogens is 282 g/mol. The Hall–Kier alpha value is -1.15. The molecule has 1 rings (SSSR count). The number of aliphatic hydroxyl groups excluding tert-OH is 1. The summed E-state index contributed by atoms with van der Waals surface area (Å²) in [5.41, 5.74) is 1.20. The van der Waals surface area contributed by atoms with E-state index in [1.165, 1.54) is 0 Å². The predicted molar refractivity (Wildman–Crippen MR) is 74.3 cm³/mol. The first kappa shape index (κ1) is 16.9. The molecule has 0 aliphatic carbocycles. The zero-order valence-corrected chi connectivity index (χ0v) is 12.6. The number of hydrogen-bond acceptors (Lipinski definition) is 5. The number of benzene rings is 1. The summed E-state index contributed by atoms with van der Waals surface area (Å²) in [6.07, 6.45) is -1.08. The van der Waals surface area contributed by atoms with Gasteiger partial charge in [-0.1, -0.05) is 32.9 Å². The largest absolute Gasteiger partial charge is 0.735 e. The monoisotopic (exact) mass is 302 g/mol. The smallest absolute Gasteiger partial charge is 0.159 e. The van der Waals surface area contributed by atoms with Crippen LogP contribution in [0, 0.1) is 0 Å². The van der Waals surface area contributed by atoms with Crippen LogP contribution in [0.3, 0.4) is 0 Å². The Morgan fingerprint density at radius 2 is 1.85 bits per heavy atom. The molecule has 1 atom stereocenters. The van der Waals surface area contributed by atoms with Gasteiger partial charge in [-0.05, 0) is 23.1 Å². The van der Waals surface area contributed by atoms with Gasteiger partial charge in [0, 0.05) is 6.54 Å². The van der Waals surface area contributed by atoms with Crippen molar-refractivity contribution in [3.8, 4) is 5.75 Å². The molecule has 0 aliphatic heterocycles. The van der Waals surface area contributed by atoms with Gasteiger partial charge in [0.25, 0.3) is 0 Å². The summed E-state index contributed by atoms with van der Waals surface area (Å²) in [7, 11) is -4.54. The van der Waals surface area contributed by atoms with Gasteiger partial charge in [-0.25, -0.2) is 13.1 Å². The molecule has 0 spiro atoms. The van der Waals surface area contributed by atoms with Crippen molar-refractivity contribution in [2.24, 2.45) is 0 Å². The Morgan fingerprint density at radius 1 is 1.30 bits per heavy atom. The lowest BCUT2D eigenvalue weighted by Gasteiger charge is -2.19. The normalized spacial score (nSPS) is 14.1. The Morgan fingerprint density at radius 3 is 2.30 bits per heavy atom. The van der Waals surface area contributed by atoms with Gasteiger partial charge >= 0.3 is 0 Å². The molecule has 0 saturated carbocycles. The van der Waals surface area contributed by atoms with Crippen LogP contribution >= 0.6 is 0 Å². The predicted octanol–water partition coefficient (Wildman–Crippen LogP) is 0.774. The number of ether oxygens (including phenoxy) is 1. The molecule has 20 heavy (non-hydrogen) atoms. The molecule has 7 heteroatoms. The van der Waals surface area contributed by atoms with Crippen LogP contribution in [0.4, 0.5) is 0 Å². The Bertz CT molecular complexity index is 519. The van der Waals surface area contributed by atoms with Gasteiger partial charge in [0.05, 0.1) is 0 Å². The van der Waals surface area contributed by atoms with E-state index in [-0.39, 0.29) is 18.6 Å². The van der Waals surface area contributed by atoms with E-state index in [0.717, 1.165) is 5.56 Å². The number of aliphatic hydroxyl groups is 1. The number of hydrogen-bond donors (Lipinski definition) is 2. The summed E-state index contributed by atoms with van der Waals surface area (Å²) in [5, 5.41) is 9.47. The zero-order valence-electron chi connectivity index (χ0n) is 11.8. The summed E-state index contributed by atoms with van der Waals surface area (Å²) in [5.74, 6) is 0.571. The summed E-state index contributed by atoms with van der Waals surface area (Å²) in [6, 6.07) is 7.43. The zero-order chi connectivity index (χ0) is 15.4. The van der Waals surface area contributed by atoms with Crippen molar-refractivity contribution in [3.63, 3.8) is 0 Å². The average molecular weight is 302 g/mol. The maximum atomic E-state index is 10.3. The van der Waals surface area contributed by atoms with E-state index in [1.54, 1.807) is 16.9 Å². The molecule has 0 bridgehead atoms. The highest BCUT2D eigenvalue weighted by Crippen LogP contribution is 2.24. The SMILES string of the molecule is CC(C)(C)c1ccc(OCC(O)CNS(=O)(=O)[O-])cc1. The molecule has 0 saturated heterocycles. The maximum absolute atomic E-state index is 10.3. The van der Waals surface area contributed by atoms with Gasteiger partial charge in [-0.2, -0.15) is 0 Å². The second-order valence-electron chi connectivity index (χ2n) is 5.54. The molecule has 0 heterocycles. The lowest BCUT2D eigenvalue weighted by Crippen LogP contribution is -2.35. The molecule has 1 unspecified atom stereocenters. The molecule has 0 radical (unpaired) electrons. The van der Waals surface area contributed by atoms with Gasteiger partial charge < -0.3 is 14.4 Å². The van der Waals surface area contributed by atoms with E-state index in [4.69, 9.17) is 4.74 Å². The van der Waals surface area contributed by atoms with Crippen LogP contribution in [-0.2, 0) is 15.7 Å². The average Bonchev–Trinajstić information content (AvgIpc) is 2.32. The fraction of sp³-hybridized carbons (Fsp3) is 0.538. The van der Waals surface area contributed by atoms with Crippen molar-refractivity contribution in [1.82, 2.24) is 4.72 Å². The van der Waals surface area contributed by atoms with Crippen LogP contribution < -0.4 is 9.46 Å². The van der Waals surface area contributed by atoms with E-state index < -0.39 is 16.4 Å². The summed E-state index contributed by atoms with van der Waals surface area (Å²) in [6.45, 7) is 5.83. The molecule has 0 aromatic heterocycles. The van der Waals surface area contributed by atoms with Crippen LogP contribution in [0.25, 0.3) is 0 Å². The minimum absolute atomic E-state index is 0.0461. The highest BCUT2D eigenvalue weighted by atomic mass is 32.2. The fourth-order valence-corrected chi connectivity index (χ4v) is 1.90. The van der Waals surface area contributed by atoms with Crippen LogP contribution in [-0.4, -0.2) is 37.3 Å². The van der Waals surface area contributed by atoms with Gasteiger partial charge in [0.15, 0.2) is 10.3 Å². The summed E-state index contributed by atoms with van der Waals surface area (Å²) >= 11 is 0. The minimum Gasteiger partial charge on any atom is -0.735 e. The van der Waals surface area contributed by atoms with Crippen molar-refractivity contribution in [3.05, 3.63) is 29.8 Å². The Balaban J connectivity index is 2.46. The highest BCUT2D eigenvalue weighted by Gasteiger charge is 2.13. The van der Waals surface area contributed by atoms with Gasteiger partial charge in [-0.15, -0.1) is 0 Å². The minimum atomic E-state index is -4.54. The molecule has 1 aromatic rings. The lowest BCUT2D eigenvalue weighted by molar-refractivity contribution is 0.110. The van der Waals surface area contributed by atoms with Crippen LogP contribution in [0.15, 0.2) is 24.3 Å². The van der Waals surface area contributed by atoms with E-state index in [2.05, 4.69) is 20.8 Å². The van der Waals surface area contributed by atoms with Crippen LogP contribution in [0.5, 0.6) is 5.75 Å². The second-order valence-corrected chi connectivity index (χ2v) is 6.74. The van der Waals surface area contributed by atoms with Gasteiger partial charge in [-0.3, -0.25) is 0 Å². The first-order valence-corrected chi connectivity index (χ1v) is 7.60. The maximum Gasteiger partial charge on any atom is 0.159 e. The van der Waals surface area contributed by atoms with Crippen molar-refractivity contribution in [2.75, 3.05) is 13.2 Å². The van der Waals surface area contributed by atoms with E-state index in [9.17, 15) is 18.1 Å². The lowest BCUT2D eigenvalue weighted by atomic mass is 9.87. The second kappa shape index (κ2) is 6.53. The topological polar surface area (TPSA) is 98.7 Å². The third-order valence-electron chi connectivity index (χ3n) is 2.66. The quantitative estimate of drug-likeness (QED) is 0.756. The molecule has 2 N–H and O–H groups in total. The standard InChI is InChI=1S/C13H21NO5S/c1-13(2,3)10-4-6-12(7-5-10)19-9-11(15)8-14-20(16,17)18/h4-7,11,14-15H,8-9H2,1-3H3,(H,16,17,18)/p-1. The van der Waals surface area contributed by atoms with Crippen molar-refractivity contribution in [2.45, 2.75) is 32.3 Å². The molecule has 0 aliphatic rings. The fourth-order valence-electron chi connectivity index (χ4n) is 1.50. The number of rotatable bonds is 6.